The van der Waals surface area contributed by atoms with Gasteiger partial charge in [0.2, 0.25) is 0 Å². The Morgan fingerprint density at radius 2 is 2.00 bits per heavy atom. The van der Waals surface area contributed by atoms with E-state index in [-0.39, 0.29) is 41.1 Å². The molecule has 0 heterocycles. The molecule has 3 nitrogen and oxygen atoms in total. The first-order valence-corrected chi connectivity index (χ1v) is 11.1. The highest BCUT2D eigenvalue weighted by Gasteiger charge is 2.73. The zero-order chi connectivity index (χ0) is 21.4. The topological polar surface area (TPSA) is 54.4 Å². The molecule has 0 unspecified atom stereocenters. The minimum Gasteiger partial charge on any atom is -0.390 e. The number of halogens is 3. The van der Waals surface area contributed by atoms with Gasteiger partial charge in [-0.25, -0.2) is 13.2 Å². The molecule has 3 saturated carbocycles. The molecule has 0 aromatic heterocycles. The van der Waals surface area contributed by atoms with Crippen molar-refractivity contribution < 1.29 is 27.9 Å². The fourth-order valence-electron chi connectivity index (χ4n) is 6.92. The van der Waals surface area contributed by atoms with Gasteiger partial charge in [0.25, 0.3) is 0 Å². The maximum absolute atomic E-state index is 16.9. The van der Waals surface area contributed by atoms with Crippen LogP contribution in [-0.4, -0.2) is 40.0 Å². The molecule has 0 aliphatic heterocycles. The Hall–Kier alpha value is -1.08. The van der Waals surface area contributed by atoms with Crippen molar-refractivity contribution >= 4 is 22.7 Å². The summed E-state index contributed by atoms with van der Waals surface area (Å²) in [5.74, 6) is -1.18. The largest absolute Gasteiger partial charge is 0.390 e. The molecule has 7 heteroatoms. The van der Waals surface area contributed by atoms with Crippen molar-refractivity contribution in [3.63, 3.8) is 0 Å². The summed E-state index contributed by atoms with van der Waals surface area (Å²) in [6, 6.07) is -0.841. The molecule has 3 fully saturated rings. The van der Waals surface area contributed by atoms with Gasteiger partial charge in [-0.1, -0.05) is 31.7 Å². The van der Waals surface area contributed by atoms with Gasteiger partial charge in [-0.3, -0.25) is 9.59 Å². The maximum Gasteiger partial charge on any atom is 0.199 e. The number of hydrogen-bond donors (Lipinski definition) is 1. The van der Waals surface area contributed by atoms with Gasteiger partial charge in [0, 0.05) is 11.3 Å². The summed E-state index contributed by atoms with van der Waals surface area (Å²) in [4.78, 5) is 24.5. The SMILES string of the molecule is C[C@@H]1C[C@H]2[C@@H]3C[C@H](F)C4=CC(=O)C=C[C@]4(C)[C@@]3(F)[C@@H](O)C[C@]2(C)[C]1C(=O)SCF. The van der Waals surface area contributed by atoms with Crippen molar-refractivity contribution in [3.05, 3.63) is 29.7 Å². The van der Waals surface area contributed by atoms with Gasteiger partial charge in [-0.2, -0.15) is 0 Å². The summed E-state index contributed by atoms with van der Waals surface area (Å²) in [6.45, 7) is 5.25. The second-order valence-corrected chi connectivity index (χ2v) is 10.3. The minimum absolute atomic E-state index is 0.0184. The quantitative estimate of drug-likeness (QED) is 0.714. The summed E-state index contributed by atoms with van der Waals surface area (Å²) in [5, 5.41) is 10.7. The second kappa shape index (κ2) is 6.71. The monoisotopic (exact) mass is 427 g/mol. The molecule has 0 amide bonds. The molecule has 0 spiro atoms. The van der Waals surface area contributed by atoms with Crippen LogP contribution in [0.1, 0.15) is 40.0 Å². The molecule has 4 aliphatic carbocycles. The molecule has 4 aliphatic rings. The third kappa shape index (κ3) is 2.62. The number of ketones is 1. The lowest BCUT2D eigenvalue weighted by atomic mass is 9.45. The van der Waals surface area contributed by atoms with Crippen molar-refractivity contribution in [2.45, 2.75) is 58.0 Å². The number of fused-ring (bicyclic) bond motifs is 5. The zero-order valence-corrected chi connectivity index (χ0v) is 17.6. The highest BCUT2D eigenvalue weighted by molar-refractivity contribution is 8.13. The molecular formula is C22H26F3O3S. The van der Waals surface area contributed by atoms with E-state index in [9.17, 15) is 19.1 Å². The van der Waals surface area contributed by atoms with Crippen LogP contribution in [0.3, 0.4) is 0 Å². The summed E-state index contributed by atoms with van der Waals surface area (Å²) in [6.07, 6.45) is 1.27. The van der Waals surface area contributed by atoms with Crippen molar-refractivity contribution in [2.24, 2.45) is 28.6 Å². The number of carbonyl (C=O) groups excluding carboxylic acids is 2. The first-order chi connectivity index (χ1) is 13.5. The van der Waals surface area contributed by atoms with Gasteiger partial charge in [-0.05, 0) is 61.2 Å². The summed E-state index contributed by atoms with van der Waals surface area (Å²) >= 11 is 0.585. The predicted octanol–water partition coefficient (Wildman–Crippen LogP) is 4.31. The van der Waals surface area contributed by atoms with Crippen LogP contribution < -0.4 is 0 Å². The number of rotatable bonds is 2. The fourth-order valence-corrected chi connectivity index (χ4v) is 7.61. The highest BCUT2D eigenvalue weighted by Crippen LogP contribution is 2.70. The van der Waals surface area contributed by atoms with E-state index >= 15 is 8.78 Å². The highest BCUT2D eigenvalue weighted by atomic mass is 32.2. The van der Waals surface area contributed by atoms with E-state index in [0.717, 1.165) is 0 Å². The van der Waals surface area contributed by atoms with Gasteiger partial charge < -0.3 is 5.11 Å². The van der Waals surface area contributed by atoms with E-state index < -0.39 is 40.7 Å². The lowest BCUT2D eigenvalue weighted by Crippen LogP contribution is -2.68. The number of carbonyl (C=O) groups is 2. The molecule has 29 heavy (non-hydrogen) atoms. The van der Waals surface area contributed by atoms with Gasteiger partial charge in [-0.15, -0.1) is 0 Å². The molecule has 1 radical (unpaired) electrons. The lowest BCUT2D eigenvalue weighted by molar-refractivity contribution is -0.193. The van der Waals surface area contributed by atoms with E-state index in [0.29, 0.717) is 24.1 Å². The second-order valence-electron chi connectivity index (χ2n) is 9.45. The van der Waals surface area contributed by atoms with E-state index in [4.69, 9.17) is 0 Å². The average molecular weight is 428 g/mol. The van der Waals surface area contributed by atoms with E-state index in [1.807, 2.05) is 13.8 Å². The third-order valence-corrected chi connectivity index (χ3v) is 8.73. The zero-order valence-electron chi connectivity index (χ0n) is 16.8. The molecule has 1 N–H and O–H groups in total. The van der Waals surface area contributed by atoms with E-state index in [1.54, 1.807) is 6.92 Å². The lowest BCUT2D eigenvalue weighted by Gasteiger charge is -2.62. The van der Waals surface area contributed by atoms with Gasteiger partial charge in [0.15, 0.2) is 16.6 Å². The standard InChI is InChI=1S/C22H26F3O3S/c1-11-6-13-14-8-16(24)15-7-12(26)4-5-21(15,3)22(14,25)17(27)9-20(13,2)18(11)19(28)29-10-23/h4-5,7,11,13-14,16-17,27H,6,8-10H2,1-3H3/t11-,13+,14+,16+,17+,20+,21+,22+/m1/s1. The first-order valence-electron chi connectivity index (χ1n) is 10.1. The number of alkyl halides is 3. The Kier molecular flexibility index (Phi) is 4.90. The van der Waals surface area contributed by atoms with Gasteiger partial charge >= 0.3 is 0 Å². The van der Waals surface area contributed by atoms with E-state index in [1.165, 1.54) is 18.2 Å². The number of aliphatic hydroxyl groups is 1. The van der Waals surface area contributed by atoms with Crippen molar-refractivity contribution in [2.75, 3.05) is 6.01 Å². The molecule has 4 rings (SSSR count). The van der Waals surface area contributed by atoms with Crippen molar-refractivity contribution in [1.29, 1.82) is 0 Å². The summed E-state index contributed by atoms with van der Waals surface area (Å²) in [5.41, 5.74) is -4.28. The van der Waals surface area contributed by atoms with Crippen LogP contribution in [-0.2, 0) is 9.59 Å². The van der Waals surface area contributed by atoms with Crippen LogP contribution in [0.5, 0.6) is 0 Å². The Bertz CT molecular complexity index is 813. The van der Waals surface area contributed by atoms with Gasteiger partial charge in [0.1, 0.15) is 12.2 Å². The van der Waals surface area contributed by atoms with Crippen LogP contribution in [0.25, 0.3) is 0 Å². The normalized spacial score (nSPS) is 49.3. The summed E-state index contributed by atoms with van der Waals surface area (Å²) < 4.78 is 44.9. The number of hydrogen-bond acceptors (Lipinski definition) is 4. The van der Waals surface area contributed by atoms with Gasteiger partial charge in [0.05, 0.1) is 12.0 Å². The Labute approximate surface area is 173 Å². The molecular weight excluding hydrogens is 401 g/mol. The molecule has 0 bridgehead atoms. The molecule has 8 atom stereocenters. The molecule has 0 saturated heterocycles. The Morgan fingerprint density at radius 1 is 1.31 bits per heavy atom. The average Bonchev–Trinajstić information content (AvgIpc) is 2.90. The Morgan fingerprint density at radius 3 is 2.66 bits per heavy atom. The van der Waals surface area contributed by atoms with Crippen molar-refractivity contribution in [1.82, 2.24) is 0 Å². The third-order valence-electron chi connectivity index (χ3n) is 8.14. The maximum atomic E-state index is 16.9. The predicted molar refractivity (Wildman–Crippen MR) is 105 cm³/mol. The van der Waals surface area contributed by atoms with Crippen LogP contribution in [0.2, 0.25) is 0 Å². The number of allylic oxidation sites excluding steroid dienone is 4. The van der Waals surface area contributed by atoms with Crippen LogP contribution in [0.4, 0.5) is 13.2 Å². The first kappa shape index (κ1) is 21.2. The summed E-state index contributed by atoms with van der Waals surface area (Å²) in [7, 11) is 0. The molecule has 0 aromatic carbocycles. The Balaban J connectivity index is 1.80. The molecule has 0 aromatic rings. The smallest absolute Gasteiger partial charge is 0.199 e. The van der Waals surface area contributed by atoms with Crippen molar-refractivity contribution in [3.8, 4) is 0 Å². The number of thioether (sulfide) groups is 1. The minimum atomic E-state index is -2.14. The van der Waals surface area contributed by atoms with Crippen LogP contribution in [0, 0.1) is 34.5 Å². The van der Waals surface area contributed by atoms with Crippen LogP contribution in [0.15, 0.2) is 23.8 Å². The van der Waals surface area contributed by atoms with E-state index in [2.05, 4.69) is 0 Å². The van der Waals surface area contributed by atoms with Crippen LogP contribution >= 0.6 is 11.8 Å². The molecule has 159 valence electrons. The number of aliphatic hydroxyl groups excluding tert-OH is 1. The fraction of sp³-hybridized carbons (Fsp3) is 0.682.